The summed E-state index contributed by atoms with van der Waals surface area (Å²) in [7, 11) is 0. The lowest BCUT2D eigenvalue weighted by Gasteiger charge is -2.25. The van der Waals surface area contributed by atoms with Crippen LogP contribution in [0.3, 0.4) is 0 Å². The fourth-order valence-electron chi connectivity index (χ4n) is 2.25. The Morgan fingerprint density at radius 2 is 2.00 bits per heavy atom. The molecule has 0 bridgehead atoms. The minimum absolute atomic E-state index is 0.221. The number of hydrogen-bond donors (Lipinski definition) is 3. The second-order valence-corrected chi connectivity index (χ2v) is 5.47. The van der Waals surface area contributed by atoms with Crippen molar-refractivity contribution in [1.29, 1.82) is 0 Å². The molecule has 1 aliphatic rings. The molecule has 1 saturated carbocycles. The van der Waals surface area contributed by atoms with Gasteiger partial charge < -0.3 is 15.4 Å². The number of aromatic nitrogens is 1. The van der Waals surface area contributed by atoms with Crippen molar-refractivity contribution in [1.82, 2.24) is 10.3 Å². The number of halogens is 1. The van der Waals surface area contributed by atoms with E-state index in [9.17, 15) is 19.5 Å². The molecule has 19 heavy (non-hydrogen) atoms. The molecule has 0 radical (unpaired) electrons. The number of nitrogens with one attached hydrogen (secondary N) is 2. The van der Waals surface area contributed by atoms with Gasteiger partial charge in [-0.3, -0.25) is 9.59 Å². The molecular formula is C12H13BrN2O4. The SMILES string of the molecule is O=C(NC1(C(=O)O)CCCC1)c1c[nH]c(=O)c(Br)c1. The number of carboxylic acid groups (broad SMARTS) is 1. The first-order valence-corrected chi connectivity index (χ1v) is 6.68. The van der Waals surface area contributed by atoms with Crippen LogP contribution in [0.15, 0.2) is 21.5 Å². The average molecular weight is 329 g/mol. The molecule has 2 rings (SSSR count). The van der Waals surface area contributed by atoms with Crippen molar-refractivity contribution in [2.24, 2.45) is 0 Å². The molecule has 6 nitrogen and oxygen atoms in total. The Morgan fingerprint density at radius 3 is 2.53 bits per heavy atom. The monoisotopic (exact) mass is 328 g/mol. The zero-order valence-electron chi connectivity index (χ0n) is 10.0. The molecule has 102 valence electrons. The average Bonchev–Trinajstić information content (AvgIpc) is 2.82. The molecule has 0 saturated heterocycles. The van der Waals surface area contributed by atoms with Crippen molar-refractivity contribution in [2.45, 2.75) is 31.2 Å². The van der Waals surface area contributed by atoms with Gasteiger partial charge in [0.15, 0.2) is 0 Å². The number of carboxylic acids is 1. The smallest absolute Gasteiger partial charge is 0.329 e. The van der Waals surface area contributed by atoms with Crippen LogP contribution < -0.4 is 10.9 Å². The zero-order valence-corrected chi connectivity index (χ0v) is 11.6. The maximum absolute atomic E-state index is 12.1. The van der Waals surface area contributed by atoms with Crippen molar-refractivity contribution in [3.63, 3.8) is 0 Å². The summed E-state index contributed by atoms with van der Waals surface area (Å²) < 4.78 is 0.232. The second-order valence-electron chi connectivity index (χ2n) is 4.61. The van der Waals surface area contributed by atoms with Gasteiger partial charge in [0.05, 0.1) is 10.0 Å². The Bertz CT molecular complexity index is 575. The van der Waals surface area contributed by atoms with Crippen LogP contribution in [0.5, 0.6) is 0 Å². The third kappa shape index (κ3) is 2.70. The molecule has 0 spiro atoms. The standard InChI is InChI=1S/C12H13BrN2O4/c13-8-5-7(6-14-10(8)17)9(16)15-12(11(18)19)3-1-2-4-12/h5-6H,1-4H2,(H,14,17)(H,15,16)(H,18,19). The predicted molar refractivity (Wildman–Crippen MR) is 71.1 cm³/mol. The topological polar surface area (TPSA) is 99.3 Å². The minimum atomic E-state index is -1.18. The Morgan fingerprint density at radius 1 is 1.37 bits per heavy atom. The quantitative estimate of drug-likeness (QED) is 0.777. The van der Waals surface area contributed by atoms with Gasteiger partial charge in [-0.15, -0.1) is 0 Å². The molecule has 1 aromatic heterocycles. The molecule has 3 N–H and O–H groups in total. The largest absolute Gasteiger partial charge is 0.480 e. The van der Waals surface area contributed by atoms with E-state index in [0.717, 1.165) is 12.8 Å². The van der Waals surface area contributed by atoms with E-state index in [-0.39, 0.29) is 15.6 Å². The van der Waals surface area contributed by atoms with Gasteiger partial charge in [-0.25, -0.2) is 4.79 Å². The van der Waals surface area contributed by atoms with Crippen LogP contribution in [0.4, 0.5) is 0 Å². The minimum Gasteiger partial charge on any atom is -0.480 e. The highest BCUT2D eigenvalue weighted by Gasteiger charge is 2.42. The molecule has 1 amide bonds. The lowest BCUT2D eigenvalue weighted by Crippen LogP contribution is -2.52. The van der Waals surface area contributed by atoms with E-state index in [4.69, 9.17) is 0 Å². The molecule has 1 aliphatic carbocycles. The van der Waals surface area contributed by atoms with Crippen LogP contribution in [-0.2, 0) is 4.79 Å². The first-order chi connectivity index (χ1) is 8.94. The normalized spacial score (nSPS) is 17.1. The number of rotatable bonds is 3. The summed E-state index contributed by atoms with van der Waals surface area (Å²) in [5.74, 6) is -1.51. The first-order valence-electron chi connectivity index (χ1n) is 5.89. The molecule has 0 atom stereocenters. The lowest BCUT2D eigenvalue weighted by atomic mass is 9.97. The molecule has 0 unspecified atom stereocenters. The number of carbonyl (C=O) groups is 2. The summed E-state index contributed by atoms with van der Waals surface area (Å²) in [6.07, 6.45) is 3.69. The van der Waals surface area contributed by atoms with Crippen molar-refractivity contribution in [2.75, 3.05) is 0 Å². The summed E-state index contributed by atoms with van der Waals surface area (Å²) >= 11 is 3.03. The molecule has 1 heterocycles. The Balaban J connectivity index is 2.22. The van der Waals surface area contributed by atoms with Gasteiger partial charge in [0.1, 0.15) is 5.54 Å². The van der Waals surface area contributed by atoms with E-state index in [1.165, 1.54) is 12.3 Å². The van der Waals surface area contributed by atoms with Crippen LogP contribution >= 0.6 is 15.9 Å². The maximum atomic E-state index is 12.1. The maximum Gasteiger partial charge on any atom is 0.329 e. The van der Waals surface area contributed by atoms with Gasteiger partial charge in [0.2, 0.25) is 0 Å². The molecule has 0 aromatic carbocycles. The number of H-pyrrole nitrogens is 1. The Labute approximate surface area is 117 Å². The highest BCUT2D eigenvalue weighted by Crippen LogP contribution is 2.30. The van der Waals surface area contributed by atoms with Crippen LogP contribution in [0, 0.1) is 0 Å². The van der Waals surface area contributed by atoms with Crippen molar-refractivity contribution >= 4 is 27.8 Å². The number of amides is 1. The molecule has 1 aromatic rings. The molecular weight excluding hydrogens is 316 g/mol. The van der Waals surface area contributed by atoms with Crippen molar-refractivity contribution in [3.8, 4) is 0 Å². The summed E-state index contributed by atoms with van der Waals surface area (Å²) in [5.41, 5.74) is -1.30. The van der Waals surface area contributed by atoms with Crippen LogP contribution in [0.1, 0.15) is 36.0 Å². The number of aromatic amines is 1. The fourth-order valence-corrected chi connectivity index (χ4v) is 2.61. The number of pyridine rings is 1. The fraction of sp³-hybridized carbons (Fsp3) is 0.417. The third-order valence-electron chi connectivity index (χ3n) is 3.34. The first kappa shape index (κ1) is 13.8. The number of hydrogen-bond acceptors (Lipinski definition) is 3. The van der Waals surface area contributed by atoms with Gasteiger partial charge in [-0.1, -0.05) is 12.8 Å². The zero-order chi connectivity index (χ0) is 14.0. The van der Waals surface area contributed by atoms with Crippen LogP contribution in [-0.4, -0.2) is 27.5 Å². The summed E-state index contributed by atoms with van der Waals surface area (Å²) in [4.78, 5) is 37.0. The van der Waals surface area contributed by atoms with Crippen molar-refractivity contribution in [3.05, 3.63) is 32.7 Å². The Hall–Kier alpha value is -1.63. The summed E-state index contributed by atoms with van der Waals surface area (Å²) in [6, 6.07) is 1.37. The van der Waals surface area contributed by atoms with Gasteiger partial charge in [-0.05, 0) is 34.8 Å². The van der Waals surface area contributed by atoms with Gasteiger partial charge >= 0.3 is 5.97 Å². The van der Waals surface area contributed by atoms with E-state index in [0.29, 0.717) is 12.8 Å². The Kier molecular flexibility index (Phi) is 3.75. The molecule has 7 heteroatoms. The van der Waals surface area contributed by atoms with Crippen LogP contribution in [0.2, 0.25) is 0 Å². The third-order valence-corrected chi connectivity index (χ3v) is 3.93. The van der Waals surface area contributed by atoms with Gasteiger partial charge in [0, 0.05) is 6.20 Å². The predicted octanol–water partition coefficient (Wildman–Crippen LogP) is 1.26. The second kappa shape index (κ2) is 5.16. The van der Waals surface area contributed by atoms with E-state index < -0.39 is 17.4 Å². The van der Waals surface area contributed by atoms with E-state index in [1.54, 1.807) is 0 Å². The van der Waals surface area contributed by atoms with Crippen molar-refractivity contribution < 1.29 is 14.7 Å². The number of aliphatic carboxylic acids is 1. The van der Waals surface area contributed by atoms with Gasteiger partial charge in [-0.2, -0.15) is 0 Å². The number of carbonyl (C=O) groups excluding carboxylic acids is 1. The highest BCUT2D eigenvalue weighted by molar-refractivity contribution is 9.10. The van der Waals surface area contributed by atoms with Gasteiger partial charge in [0.25, 0.3) is 11.5 Å². The summed E-state index contributed by atoms with van der Waals surface area (Å²) in [5, 5.41) is 11.8. The molecule has 0 aliphatic heterocycles. The van der Waals surface area contributed by atoms with E-state index in [1.807, 2.05) is 0 Å². The highest BCUT2D eigenvalue weighted by atomic mass is 79.9. The lowest BCUT2D eigenvalue weighted by molar-refractivity contribution is -0.144. The molecule has 1 fully saturated rings. The summed E-state index contributed by atoms with van der Waals surface area (Å²) in [6.45, 7) is 0. The van der Waals surface area contributed by atoms with Crippen LogP contribution in [0.25, 0.3) is 0 Å². The van der Waals surface area contributed by atoms with E-state index in [2.05, 4.69) is 26.2 Å². The van der Waals surface area contributed by atoms with E-state index >= 15 is 0 Å².